The number of hydrogen-bond donors (Lipinski definition) is 0. The van der Waals surface area contributed by atoms with Gasteiger partial charge in [-0.3, -0.25) is 4.79 Å². The van der Waals surface area contributed by atoms with Gasteiger partial charge < -0.3 is 4.74 Å². The highest BCUT2D eigenvalue weighted by molar-refractivity contribution is 9.10. The van der Waals surface area contributed by atoms with Gasteiger partial charge in [0.1, 0.15) is 4.32 Å². The quantitative estimate of drug-likeness (QED) is 0.507. The van der Waals surface area contributed by atoms with Crippen molar-refractivity contribution in [3.8, 4) is 0 Å². The lowest BCUT2D eigenvalue weighted by atomic mass is 10.2. The second-order valence-corrected chi connectivity index (χ2v) is 4.18. The maximum absolute atomic E-state index is 10.8. The van der Waals surface area contributed by atoms with Gasteiger partial charge in [-0.2, -0.15) is 0 Å². The Bertz CT molecular complexity index is 109. The van der Waals surface area contributed by atoms with Gasteiger partial charge in [0.05, 0.1) is 6.61 Å². The third-order valence-electron chi connectivity index (χ3n) is 0.761. The van der Waals surface area contributed by atoms with Gasteiger partial charge in [0, 0.05) is 6.15 Å². The lowest BCUT2D eigenvalue weighted by molar-refractivity contribution is -0.144. The van der Waals surface area contributed by atoms with Crippen LogP contribution in [0.1, 0.15) is 20.8 Å². The van der Waals surface area contributed by atoms with Crippen molar-refractivity contribution in [1.29, 1.82) is 0 Å². The molecule has 3 nitrogen and oxygen atoms in total. The van der Waals surface area contributed by atoms with E-state index >= 15 is 0 Å². The molecule has 0 aliphatic heterocycles. The fourth-order valence-electron chi connectivity index (χ4n) is 0.303. The van der Waals surface area contributed by atoms with Crippen LogP contribution in [-0.4, -0.2) is 16.9 Å². The SMILES string of the molecule is CCOC(=O)C(C)(C)Br.[N]. The molecule has 10 heavy (non-hydrogen) atoms. The van der Waals surface area contributed by atoms with Gasteiger partial charge in [0.25, 0.3) is 0 Å². The smallest absolute Gasteiger partial charge is 0.322 e. The Morgan fingerprint density at radius 1 is 1.60 bits per heavy atom. The Hall–Kier alpha value is -0.0900. The first kappa shape index (κ1) is 12.6. The average Bonchev–Trinajstić information content (AvgIpc) is 1.64. The van der Waals surface area contributed by atoms with E-state index in [4.69, 9.17) is 4.74 Å². The second kappa shape index (κ2) is 4.68. The molecule has 0 bridgehead atoms. The molecule has 0 heterocycles. The zero-order chi connectivity index (χ0) is 7.49. The van der Waals surface area contributed by atoms with E-state index in [2.05, 4.69) is 15.9 Å². The van der Waals surface area contributed by atoms with E-state index < -0.39 is 4.32 Å². The number of nitrogens with zero attached hydrogens (tertiary/aromatic N) is 1. The molecule has 0 fully saturated rings. The molecule has 0 saturated heterocycles. The van der Waals surface area contributed by atoms with Gasteiger partial charge in [0.15, 0.2) is 0 Å². The fraction of sp³-hybridized carbons (Fsp3) is 0.833. The minimum absolute atomic E-state index is 0. The summed E-state index contributed by atoms with van der Waals surface area (Å²) in [4.78, 5) is 10.8. The lowest BCUT2D eigenvalue weighted by Gasteiger charge is -2.12. The summed E-state index contributed by atoms with van der Waals surface area (Å²) in [7, 11) is 0. The lowest BCUT2D eigenvalue weighted by Crippen LogP contribution is -2.26. The monoisotopic (exact) mass is 208 g/mol. The van der Waals surface area contributed by atoms with Gasteiger partial charge >= 0.3 is 5.97 Å². The molecule has 0 spiro atoms. The molecule has 0 unspecified atom stereocenters. The van der Waals surface area contributed by atoms with E-state index in [1.54, 1.807) is 20.8 Å². The highest BCUT2D eigenvalue weighted by Crippen LogP contribution is 2.16. The summed E-state index contributed by atoms with van der Waals surface area (Å²) in [6.07, 6.45) is 0. The van der Waals surface area contributed by atoms with Crippen LogP contribution in [0.4, 0.5) is 0 Å². The van der Waals surface area contributed by atoms with Crippen molar-refractivity contribution in [1.82, 2.24) is 6.15 Å². The molecule has 0 aromatic carbocycles. The maximum atomic E-state index is 10.8. The zero-order valence-corrected chi connectivity index (χ0v) is 7.93. The number of esters is 1. The van der Waals surface area contributed by atoms with Crippen molar-refractivity contribution in [2.75, 3.05) is 6.61 Å². The van der Waals surface area contributed by atoms with E-state index in [1.807, 2.05) is 0 Å². The molecule has 0 amide bonds. The van der Waals surface area contributed by atoms with Crippen molar-refractivity contribution >= 4 is 21.9 Å². The van der Waals surface area contributed by atoms with Crippen LogP contribution in [-0.2, 0) is 9.53 Å². The molecule has 4 heteroatoms. The topological polar surface area (TPSA) is 56.8 Å². The van der Waals surface area contributed by atoms with Crippen molar-refractivity contribution in [2.45, 2.75) is 25.1 Å². The Morgan fingerprint density at radius 3 is 2.10 bits per heavy atom. The van der Waals surface area contributed by atoms with Gasteiger partial charge in [-0.25, -0.2) is 0 Å². The molecule has 0 aromatic heterocycles. The van der Waals surface area contributed by atoms with Gasteiger partial charge in [-0.1, -0.05) is 15.9 Å². The van der Waals surface area contributed by atoms with E-state index in [0.29, 0.717) is 6.61 Å². The zero-order valence-electron chi connectivity index (χ0n) is 6.35. The molecule has 0 N–H and O–H groups in total. The molecule has 0 saturated carbocycles. The Morgan fingerprint density at radius 2 is 2.00 bits per heavy atom. The number of ether oxygens (including phenoxy) is 1. The normalized spacial score (nSPS) is 10.0. The first-order valence-electron chi connectivity index (χ1n) is 2.84. The summed E-state index contributed by atoms with van der Waals surface area (Å²) in [5.41, 5.74) is 0. The van der Waals surface area contributed by atoms with Crippen LogP contribution < -0.4 is 6.15 Å². The van der Waals surface area contributed by atoms with Crippen LogP contribution in [0.15, 0.2) is 0 Å². The van der Waals surface area contributed by atoms with Crippen LogP contribution in [0.2, 0.25) is 0 Å². The maximum Gasteiger partial charge on any atom is 0.322 e. The first-order valence-corrected chi connectivity index (χ1v) is 3.64. The largest absolute Gasteiger partial charge is 0.465 e. The number of halogens is 1. The molecule has 0 rings (SSSR count). The van der Waals surface area contributed by atoms with Crippen molar-refractivity contribution in [2.24, 2.45) is 0 Å². The van der Waals surface area contributed by atoms with Crippen LogP contribution >= 0.6 is 15.9 Å². The van der Waals surface area contributed by atoms with Crippen LogP contribution in [0.5, 0.6) is 0 Å². The van der Waals surface area contributed by atoms with Crippen LogP contribution in [0.25, 0.3) is 0 Å². The average molecular weight is 209 g/mol. The number of carbonyl (C=O) groups is 1. The first-order chi connectivity index (χ1) is 3.98. The molecule has 3 radical (unpaired) electrons. The van der Waals surface area contributed by atoms with E-state index in [9.17, 15) is 4.79 Å². The van der Waals surface area contributed by atoms with Crippen molar-refractivity contribution in [3.63, 3.8) is 0 Å². The Balaban J connectivity index is 0. The number of hydrogen-bond acceptors (Lipinski definition) is 2. The summed E-state index contributed by atoms with van der Waals surface area (Å²) in [6, 6.07) is 0. The minimum Gasteiger partial charge on any atom is -0.465 e. The van der Waals surface area contributed by atoms with Crippen LogP contribution in [0, 0.1) is 0 Å². The van der Waals surface area contributed by atoms with Crippen LogP contribution in [0.3, 0.4) is 0 Å². The fourth-order valence-corrected chi connectivity index (χ4v) is 0.417. The summed E-state index contributed by atoms with van der Waals surface area (Å²) >= 11 is 3.17. The molecular formula is C6H11BrNO2. The summed E-state index contributed by atoms with van der Waals surface area (Å²) in [6.45, 7) is 5.74. The van der Waals surface area contributed by atoms with Gasteiger partial charge in [-0.15, -0.1) is 0 Å². The Kier molecular flexibility index (Phi) is 5.89. The minimum atomic E-state index is -0.539. The summed E-state index contributed by atoms with van der Waals surface area (Å²) in [5.74, 6) is -0.218. The molecule has 59 valence electrons. The summed E-state index contributed by atoms with van der Waals surface area (Å²) < 4.78 is 4.18. The Labute approximate surface area is 69.8 Å². The molecular weight excluding hydrogens is 198 g/mol. The van der Waals surface area contributed by atoms with E-state index in [-0.39, 0.29) is 12.1 Å². The standard InChI is InChI=1S/C6H11BrO2.N/c1-4-9-5(8)6(2,3)7;/h4H2,1-3H3;. The molecule has 0 aliphatic rings. The molecule has 0 aliphatic carbocycles. The number of carbonyl (C=O) groups excluding carboxylic acids is 1. The molecule has 0 aromatic rings. The second-order valence-electron chi connectivity index (χ2n) is 2.19. The van der Waals surface area contributed by atoms with E-state index in [0.717, 1.165) is 0 Å². The van der Waals surface area contributed by atoms with Crippen molar-refractivity contribution < 1.29 is 9.53 Å². The highest BCUT2D eigenvalue weighted by Gasteiger charge is 2.24. The number of alkyl halides is 1. The predicted octanol–water partition coefficient (Wildman–Crippen LogP) is 1.24. The van der Waals surface area contributed by atoms with E-state index in [1.165, 1.54) is 0 Å². The number of rotatable bonds is 2. The third-order valence-corrected chi connectivity index (χ3v) is 1.08. The van der Waals surface area contributed by atoms with Gasteiger partial charge in [-0.05, 0) is 20.8 Å². The van der Waals surface area contributed by atoms with Gasteiger partial charge in [0.2, 0.25) is 0 Å². The molecule has 0 atom stereocenters. The summed E-state index contributed by atoms with van der Waals surface area (Å²) in [5, 5.41) is 0. The van der Waals surface area contributed by atoms with Crippen molar-refractivity contribution in [3.05, 3.63) is 0 Å². The highest BCUT2D eigenvalue weighted by atomic mass is 79.9. The predicted molar refractivity (Wildman–Crippen MR) is 41.8 cm³/mol. The third kappa shape index (κ3) is 4.76.